The summed E-state index contributed by atoms with van der Waals surface area (Å²) in [5.41, 5.74) is 1.18. The Labute approximate surface area is 176 Å². The summed E-state index contributed by atoms with van der Waals surface area (Å²) in [7, 11) is 0.699. The van der Waals surface area contributed by atoms with Crippen LogP contribution in [-0.4, -0.2) is 42.2 Å². The van der Waals surface area contributed by atoms with Gasteiger partial charge in [0.15, 0.2) is 11.5 Å². The Morgan fingerprint density at radius 2 is 1.63 bits per heavy atom. The van der Waals surface area contributed by atoms with E-state index >= 15 is 0 Å². The number of hydrogen-bond acceptors (Lipinski definition) is 6. The van der Waals surface area contributed by atoms with Crippen molar-refractivity contribution >= 4 is 21.6 Å². The Hall–Kier alpha value is -2.78. The summed E-state index contributed by atoms with van der Waals surface area (Å²) >= 11 is 0. The van der Waals surface area contributed by atoms with E-state index in [1.165, 1.54) is 33.5 Å². The molecule has 1 aliphatic heterocycles. The molecule has 1 fully saturated rings. The number of hydrogen-bond donors (Lipinski definition) is 1. The Morgan fingerprint density at radius 3 is 2.23 bits per heavy atom. The van der Waals surface area contributed by atoms with Crippen molar-refractivity contribution in [1.82, 2.24) is 4.72 Å². The van der Waals surface area contributed by atoms with Gasteiger partial charge >= 0.3 is 0 Å². The minimum absolute atomic E-state index is 0.0468. The van der Waals surface area contributed by atoms with E-state index < -0.39 is 16.1 Å². The number of methoxy groups -OCH3 is 3. The van der Waals surface area contributed by atoms with E-state index in [-0.39, 0.29) is 10.8 Å². The first-order valence-corrected chi connectivity index (χ1v) is 11.0. The van der Waals surface area contributed by atoms with Crippen molar-refractivity contribution in [2.75, 3.05) is 32.8 Å². The van der Waals surface area contributed by atoms with E-state index in [1.807, 2.05) is 0 Å². The van der Waals surface area contributed by atoms with Crippen molar-refractivity contribution in [2.24, 2.45) is 0 Å². The van der Waals surface area contributed by atoms with E-state index in [0.717, 1.165) is 12.0 Å². The SMILES string of the molecule is COc1ccc([C@@H](C)NS(=O)(=O)c2ccc(OC)c(N3CCCC3=O)c2)cc1OC. The van der Waals surface area contributed by atoms with E-state index in [0.29, 0.717) is 35.9 Å². The largest absolute Gasteiger partial charge is 0.495 e. The summed E-state index contributed by atoms with van der Waals surface area (Å²) in [6.45, 7) is 2.28. The highest BCUT2D eigenvalue weighted by Gasteiger charge is 2.27. The smallest absolute Gasteiger partial charge is 0.241 e. The monoisotopic (exact) mass is 434 g/mol. The molecule has 1 aliphatic rings. The van der Waals surface area contributed by atoms with Crippen molar-refractivity contribution in [2.45, 2.75) is 30.7 Å². The minimum atomic E-state index is -3.85. The fourth-order valence-electron chi connectivity index (χ4n) is 3.44. The van der Waals surface area contributed by atoms with Crippen LogP contribution in [0.3, 0.4) is 0 Å². The third kappa shape index (κ3) is 4.36. The fraction of sp³-hybridized carbons (Fsp3) is 0.381. The van der Waals surface area contributed by atoms with Crippen LogP contribution in [0.5, 0.6) is 17.2 Å². The van der Waals surface area contributed by atoms with Crippen molar-refractivity contribution in [3.8, 4) is 17.2 Å². The zero-order chi connectivity index (χ0) is 21.9. The van der Waals surface area contributed by atoms with E-state index in [4.69, 9.17) is 14.2 Å². The topological polar surface area (TPSA) is 94.2 Å². The minimum Gasteiger partial charge on any atom is -0.495 e. The summed E-state index contributed by atoms with van der Waals surface area (Å²) < 4.78 is 44.6. The van der Waals surface area contributed by atoms with Crippen molar-refractivity contribution in [1.29, 1.82) is 0 Å². The molecule has 0 unspecified atom stereocenters. The third-order valence-corrected chi connectivity index (χ3v) is 6.60. The van der Waals surface area contributed by atoms with Crippen LogP contribution in [0.25, 0.3) is 0 Å². The normalized spacial score (nSPS) is 15.2. The maximum absolute atomic E-state index is 13.0. The van der Waals surface area contributed by atoms with Crippen LogP contribution in [0, 0.1) is 0 Å². The molecule has 0 aliphatic carbocycles. The molecule has 0 radical (unpaired) electrons. The van der Waals surface area contributed by atoms with E-state index in [1.54, 1.807) is 36.1 Å². The second-order valence-corrected chi connectivity index (χ2v) is 8.65. The fourth-order valence-corrected chi connectivity index (χ4v) is 4.69. The lowest BCUT2D eigenvalue weighted by Crippen LogP contribution is -2.28. The summed E-state index contributed by atoms with van der Waals surface area (Å²) in [6.07, 6.45) is 1.17. The number of ether oxygens (including phenoxy) is 3. The van der Waals surface area contributed by atoms with Gasteiger partial charge in [0.1, 0.15) is 5.75 Å². The summed E-state index contributed by atoms with van der Waals surface area (Å²) in [6, 6.07) is 9.22. The number of nitrogens with zero attached hydrogens (tertiary/aromatic N) is 1. The van der Waals surface area contributed by atoms with Gasteiger partial charge in [-0.25, -0.2) is 13.1 Å². The lowest BCUT2D eigenvalue weighted by molar-refractivity contribution is -0.117. The highest BCUT2D eigenvalue weighted by atomic mass is 32.2. The van der Waals surface area contributed by atoms with Gasteiger partial charge in [-0.15, -0.1) is 0 Å². The molecule has 2 aromatic rings. The number of rotatable bonds is 8. The van der Waals surface area contributed by atoms with Crippen molar-refractivity contribution < 1.29 is 27.4 Å². The number of sulfonamides is 1. The lowest BCUT2D eigenvalue weighted by Gasteiger charge is -2.21. The first-order valence-electron chi connectivity index (χ1n) is 9.53. The van der Waals surface area contributed by atoms with Gasteiger partial charge < -0.3 is 19.1 Å². The summed E-state index contributed by atoms with van der Waals surface area (Å²) in [5, 5.41) is 0. The zero-order valence-corrected chi connectivity index (χ0v) is 18.3. The van der Waals surface area contributed by atoms with Gasteiger partial charge in [-0.05, 0) is 49.2 Å². The van der Waals surface area contributed by atoms with Crippen LogP contribution in [0.4, 0.5) is 5.69 Å². The van der Waals surface area contributed by atoms with Gasteiger partial charge in [-0.1, -0.05) is 6.07 Å². The number of carbonyl (C=O) groups excluding carboxylic acids is 1. The number of amides is 1. The van der Waals surface area contributed by atoms with Crippen LogP contribution < -0.4 is 23.8 Å². The molecule has 3 rings (SSSR count). The molecule has 162 valence electrons. The number of carbonyl (C=O) groups is 1. The molecule has 0 saturated carbocycles. The highest BCUT2D eigenvalue weighted by molar-refractivity contribution is 7.89. The predicted molar refractivity (Wildman–Crippen MR) is 113 cm³/mol. The van der Waals surface area contributed by atoms with Gasteiger partial charge in [0, 0.05) is 19.0 Å². The third-order valence-electron chi connectivity index (χ3n) is 5.06. The molecular weight excluding hydrogens is 408 g/mol. The maximum atomic E-state index is 13.0. The second-order valence-electron chi connectivity index (χ2n) is 6.94. The molecule has 9 heteroatoms. The Bertz CT molecular complexity index is 1040. The van der Waals surface area contributed by atoms with Crippen LogP contribution in [-0.2, 0) is 14.8 Å². The maximum Gasteiger partial charge on any atom is 0.241 e. The molecule has 0 bridgehead atoms. The molecule has 0 aromatic heterocycles. The summed E-state index contributed by atoms with van der Waals surface area (Å²) in [4.78, 5) is 13.8. The molecule has 0 spiro atoms. The first-order chi connectivity index (χ1) is 14.3. The van der Waals surface area contributed by atoms with Crippen molar-refractivity contribution in [3.05, 3.63) is 42.0 Å². The average molecular weight is 435 g/mol. The Balaban J connectivity index is 1.89. The van der Waals surface area contributed by atoms with Gasteiger partial charge in [0.2, 0.25) is 15.9 Å². The molecule has 30 heavy (non-hydrogen) atoms. The van der Waals surface area contributed by atoms with Crippen LogP contribution >= 0.6 is 0 Å². The molecule has 1 amide bonds. The molecular formula is C21H26N2O6S. The van der Waals surface area contributed by atoms with Crippen LogP contribution in [0.2, 0.25) is 0 Å². The van der Waals surface area contributed by atoms with Gasteiger partial charge in [-0.2, -0.15) is 0 Å². The first kappa shape index (κ1) is 21.9. The second kappa shape index (κ2) is 8.93. The van der Waals surface area contributed by atoms with E-state index in [2.05, 4.69) is 4.72 Å². The highest BCUT2D eigenvalue weighted by Crippen LogP contribution is 2.34. The molecule has 1 N–H and O–H groups in total. The molecule has 2 aromatic carbocycles. The molecule has 8 nitrogen and oxygen atoms in total. The average Bonchev–Trinajstić information content (AvgIpc) is 3.17. The number of anilines is 1. The van der Waals surface area contributed by atoms with Gasteiger partial charge in [-0.3, -0.25) is 4.79 Å². The Morgan fingerprint density at radius 1 is 0.967 bits per heavy atom. The Kier molecular flexibility index (Phi) is 6.52. The van der Waals surface area contributed by atoms with Crippen LogP contribution in [0.1, 0.15) is 31.4 Å². The lowest BCUT2D eigenvalue weighted by atomic mass is 10.1. The predicted octanol–water partition coefficient (Wildman–Crippen LogP) is 2.88. The quantitative estimate of drug-likeness (QED) is 0.687. The standard InChI is InChI=1S/C21H26N2O6S/c1-14(15-7-9-19(28-3)20(12-15)29-4)22-30(25,26)16-8-10-18(27-2)17(13-16)23-11-5-6-21(23)24/h7-10,12-14,22H,5-6,11H2,1-4H3/t14-/m1/s1. The summed E-state index contributed by atoms with van der Waals surface area (Å²) in [5.74, 6) is 1.48. The van der Waals surface area contributed by atoms with Gasteiger partial charge in [0.05, 0.1) is 31.9 Å². The molecule has 1 heterocycles. The van der Waals surface area contributed by atoms with E-state index in [9.17, 15) is 13.2 Å². The number of nitrogens with one attached hydrogen (secondary N) is 1. The molecule has 1 saturated heterocycles. The number of benzene rings is 2. The van der Waals surface area contributed by atoms with Gasteiger partial charge in [0.25, 0.3) is 0 Å². The zero-order valence-electron chi connectivity index (χ0n) is 17.5. The molecule has 1 atom stereocenters. The van der Waals surface area contributed by atoms with Crippen molar-refractivity contribution in [3.63, 3.8) is 0 Å². The van der Waals surface area contributed by atoms with Crippen LogP contribution in [0.15, 0.2) is 41.3 Å².